The van der Waals surface area contributed by atoms with Gasteiger partial charge in [0.1, 0.15) is 5.82 Å². The molecule has 0 spiro atoms. The Balaban J connectivity index is 1.99. The normalized spacial score (nSPS) is 10.4. The van der Waals surface area contributed by atoms with Crippen LogP contribution in [0.4, 0.5) is 5.82 Å². The first-order valence-electron chi connectivity index (χ1n) is 5.29. The van der Waals surface area contributed by atoms with Gasteiger partial charge in [-0.3, -0.25) is 5.43 Å². The molecule has 18 heavy (non-hydrogen) atoms. The van der Waals surface area contributed by atoms with Gasteiger partial charge in [0.2, 0.25) is 0 Å². The molecule has 0 atom stereocenters. The molecule has 2 rings (SSSR count). The molecule has 90 valence electrons. The number of aromatic carboxylic acids is 1. The predicted molar refractivity (Wildman–Crippen MR) is 68.9 cm³/mol. The molecular weight excluding hydrogens is 230 g/mol. The maximum absolute atomic E-state index is 10.7. The van der Waals surface area contributed by atoms with Crippen LogP contribution in [0.3, 0.4) is 0 Å². The Bertz CT molecular complexity index is 550. The molecule has 2 aromatic rings. The second-order valence-electron chi connectivity index (χ2n) is 3.51. The SMILES string of the molecule is O=C(O)c1ccc(/C=N/Nc2ccccn2)cc1. The molecule has 1 aromatic carbocycles. The number of hydrogen-bond donors (Lipinski definition) is 2. The lowest BCUT2D eigenvalue weighted by Gasteiger charge is -1.98. The van der Waals surface area contributed by atoms with Crippen molar-refractivity contribution in [3.8, 4) is 0 Å². The van der Waals surface area contributed by atoms with Gasteiger partial charge in [0.15, 0.2) is 0 Å². The van der Waals surface area contributed by atoms with Gasteiger partial charge >= 0.3 is 5.97 Å². The number of anilines is 1. The van der Waals surface area contributed by atoms with Gasteiger partial charge in [-0.25, -0.2) is 9.78 Å². The molecule has 0 radical (unpaired) electrons. The van der Waals surface area contributed by atoms with Crippen LogP contribution in [-0.2, 0) is 0 Å². The van der Waals surface area contributed by atoms with Crippen molar-refractivity contribution < 1.29 is 9.90 Å². The van der Waals surface area contributed by atoms with E-state index in [2.05, 4.69) is 15.5 Å². The number of hydrogen-bond acceptors (Lipinski definition) is 4. The summed E-state index contributed by atoms with van der Waals surface area (Å²) >= 11 is 0. The first kappa shape index (κ1) is 11.8. The Morgan fingerprint density at radius 2 is 2.00 bits per heavy atom. The van der Waals surface area contributed by atoms with Crippen molar-refractivity contribution >= 4 is 18.0 Å². The van der Waals surface area contributed by atoms with Crippen molar-refractivity contribution in [3.63, 3.8) is 0 Å². The number of nitrogens with zero attached hydrogens (tertiary/aromatic N) is 2. The number of benzene rings is 1. The molecule has 0 unspecified atom stereocenters. The third-order valence-corrected chi connectivity index (χ3v) is 2.22. The van der Waals surface area contributed by atoms with Gasteiger partial charge in [-0.05, 0) is 29.8 Å². The van der Waals surface area contributed by atoms with Crippen LogP contribution in [0.25, 0.3) is 0 Å². The highest BCUT2D eigenvalue weighted by Crippen LogP contribution is 2.03. The number of carbonyl (C=O) groups is 1. The minimum absolute atomic E-state index is 0.254. The molecule has 0 aliphatic heterocycles. The molecule has 0 amide bonds. The van der Waals surface area contributed by atoms with E-state index >= 15 is 0 Å². The van der Waals surface area contributed by atoms with Crippen molar-refractivity contribution in [1.29, 1.82) is 0 Å². The molecule has 0 saturated carbocycles. The lowest BCUT2D eigenvalue weighted by Crippen LogP contribution is -1.96. The molecule has 2 N–H and O–H groups in total. The van der Waals surface area contributed by atoms with Crippen LogP contribution in [0.5, 0.6) is 0 Å². The quantitative estimate of drug-likeness (QED) is 0.635. The van der Waals surface area contributed by atoms with Crippen LogP contribution in [0.1, 0.15) is 15.9 Å². The van der Waals surface area contributed by atoms with E-state index in [1.165, 1.54) is 12.1 Å². The van der Waals surface area contributed by atoms with E-state index in [-0.39, 0.29) is 5.56 Å². The zero-order valence-electron chi connectivity index (χ0n) is 9.45. The summed E-state index contributed by atoms with van der Waals surface area (Å²) in [4.78, 5) is 14.7. The van der Waals surface area contributed by atoms with Gasteiger partial charge in [-0.1, -0.05) is 18.2 Å². The van der Waals surface area contributed by atoms with Gasteiger partial charge < -0.3 is 5.11 Å². The largest absolute Gasteiger partial charge is 0.478 e. The summed E-state index contributed by atoms with van der Waals surface area (Å²) in [5, 5.41) is 12.7. The Hall–Kier alpha value is -2.69. The number of pyridine rings is 1. The molecule has 0 saturated heterocycles. The zero-order chi connectivity index (χ0) is 12.8. The number of carboxylic acids is 1. The van der Waals surface area contributed by atoms with E-state index in [1.54, 1.807) is 30.6 Å². The Morgan fingerprint density at radius 1 is 1.22 bits per heavy atom. The Kier molecular flexibility index (Phi) is 3.66. The molecule has 0 aliphatic carbocycles. The molecule has 0 bridgehead atoms. The first-order chi connectivity index (χ1) is 8.75. The van der Waals surface area contributed by atoms with Crippen molar-refractivity contribution in [2.75, 3.05) is 5.43 Å². The van der Waals surface area contributed by atoms with Gasteiger partial charge in [0.25, 0.3) is 0 Å². The average molecular weight is 241 g/mol. The Morgan fingerprint density at radius 3 is 2.61 bits per heavy atom. The number of rotatable bonds is 4. The maximum Gasteiger partial charge on any atom is 0.335 e. The monoisotopic (exact) mass is 241 g/mol. The van der Waals surface area contributed by atoms with Crippen molar-refractivity contribution in [1.82, 2.24) is 4.98 Å². The molecule has 1 aromatic heterocycles. The van der Waals surface area contributed by atoms with Crippen LogP contribution >= 0.6 is 0 Å². The average Bonchev–Trinajstić information content (AvgIpc) is 2.40. The van der Waals surface area contributed by atoms with Crippen molar-refractivity contribution in [2.24, 2.45) is 5.10 Å². The number of hydrazone groups is 1. The smallest absolute Gasteiger partial charge is 0.335 e. The second kappa shape index (κ2) is 5.58. The van der Waals surface area contributed by atoms with Crippen LogP contribution in [0.2, 0.25) is 0 Å². The minimum Gasteiger partial charge on any atom is -0.478 e. The van der Waals surface area contributed by atoms with Crippen molar-refractivity contribution in [2.45, 2.75) is 0 Å². The molecule has 5 nitrogen and oxygen atoms in total. The second-order valence-corrected chi connectivity index (χ2v) is 3.51. The lowest BCUT2D eigenvalue weighted by molar-refractivity contribution is 0.0697. The summed E-state index contributed by atoms with van der Waals surface area (Å²) < 4.78 is 0. The number of nitrogens with one attached hydrogen (secondary N) is 1. The summed E-state index contributed by atoms with van der Waals surface area (Å²) in [5.74, 6) is -0.291. The zero-order valence-corrected chi connectivity index (χ0v) is 9.45. The summed E-state index contributed by atoms with van der Waals surface area (Å²) in [6, 6.07) is 11.9. The highest BCUT2D eigenvalue weighted by atomic mass is 16.4. The third kappa shape index (κ3) is 3.15. The van der Waals surface area contributed by atoms with Gasteiger partial charge in [-0.15, -0.1) is 0 Å². The fourth-order valence-electron chi connectivity index (χ4n) is 1.31. The highest BCUT2D eigenvalue weighted by molar-refractivity contribution is 5.89. The van der Waals surface area contributed by atoms with E-state index < -0.39 is 5.97 Å². The van der Waals surface area contributed by atoms with E-state index in [1.807, 2.05) is 12.1 Å². The predicted octanol–water partition coefficient (Wildman–Crippen LogP) is 2.23. The summed E-state index contributed by atoms with van der Waals surface area (Å²) in [6.45, 7) is 0. The van der Waals surface area contributed by atoms with E-state index in [4.69, 9.17) is 5.11 Å². The Labute approximate surface area is 104 Å². The van der Waals surface area contributed by atoms with Crippen LogP contribution < -0.4 is 5.43 Å². The van der Waals surface area contributed by atoms with E-state index in [9.17, 15) is 4.79 Å². The molecule has 0 fully saturated rings. The minimum atomic E-state index is -0.940. The van der Waals surface area contributed by atoms with Gasteiger partial charge in [0, 0.05) is 6.20 Å². The highest BCUT2D eigenvalue weighted by Gasteiger charge is 2.00. The first-order valence-corrected chi connectivity index (χ1v) is 5.29. The van der Waals surface area contributed by atoms with Crippen LogP contribution in [-0.4, -0.2) is 22.3 Å². The van der Waals surface area contributed by atoms with Crippen LogP contribution in [0, 0.1) is 0 Å². The molecule has 1 heterocycles. The summed E-state index contributed by atoms with van der Waals surface area (Å²) in [6.07, 6.45) is 3.26. The fourth-order valence-corrected chi connectivity index (χ4v) is 1.31. The lowest BCUT2D eigenvalue weighted by atomic mass is 10.1. The van der Waals surface area contributed by atoms with Gasteiger partial charge in [-0.2, -0.15) is 5.10 Å². The van der Waals surface area contributed by atoms with E-state index in [0.29, 0.717) is 5.82 Å². The summed E-state index contributed by atoms with van der Waals surface area (Å²) in [5.41, 5.74) is 3.84. The molecular formula is C13H11N3O2. The van der Waals surface area contributed by atoms with Crippen molar-refractivity contribution in [3.05, 3.63) is 59.8 Å². The summed E-state index contributed by atoms with van der Waals surface area (Å²) in [7, 11) is 0. The number of aromatic nitrogens is 1. The maximum atomic E-state index is 10.7. The van der Waals surface area contributed by atoms with Gasteiger partial charge in [0.05, 0.1) is 11.8 Å². The standard InChI is InChI=1S/C13H11N3O2/c17-13(18)11-6-4-10(5-7-11)9-15-16-12-3-1-2-8-14-12/h1-9H,(H,14,16)(H,17,18)/b15-9+. The fraction of sp³-hybridized carbons (Fsp3) is 0. The topological polar surface area (TPSA) is 74.6 Å². The van der Waals surface area contributed by atoms with Crippen LogP contribution in [0.15, 0.2) is 53.8 Å². The van der Waals surface area contributed by atoms with E-state index in [0.717, 1.165) is 5.56 Å². The molecule has 5 heteroatoms. The molecule has 0 aliphatic rings. The third-order valence-electron chi connectivity index (χ3n) is 2.22. The number of carboxylic acid groups (broad SMARTS) is 1.